The Morgan fingerprint density at radius 2 is 1.83 bits per heavy atom. The molecular formula is C23H35FN2O3. The molecule has 2 rings (SSSR count). The molecule has 29 heavy (non-hydrogen) atoms. The Balaban J connectivity index is 1.58. The smallest absolute Gasteiger partial charge is 0.410 e. The summed E-state index contributed by atoms with van der Waals surface area (Å²) < 4.78 is 24.3. The van der Waals surface area contributed by atoms with Gasteiger partial charge in [-0.3, -0.25) is 0 Å². The third-order valence-corrected chi connectivity index (χ3v) is 5.48. The number of likely N-dealkylation sites (N-methyl/N-ethyl adjacent to an activating group) is 1. The molecule has 0 N–H and O–H groups in total. The lowest BCUT2D eigenvalue weighted by atomic mass is 9.92. The van der Waals surface area contributed by atoms with Crippen LogP contribution in [0.5, 0.6) is 5.75 Å². The minimum atomic E-state index is -0.401. The fourth-order valence-corrected chi connectivity index (χ4v) is 3.65. The molecule has 0 aromatic heterocycles. The van der Waals surface area contributed by atoms with Crippen LogP contribution in [0.1, 0.15) is 44.9 Å². The molecule has 162 valence electrons. The lowest BCUT2D eigenvalue weighted by Gasteiger charge is -2.34. The summed E-state index contributed by atoms with van der Waals surface area (Å²) in [6.45, 7) is 6.59. The number of nitrogens with zero attached hydrogens (tertiary/aromatic N) is 2. The van der Waals surface area contributed by atoms with Crippen LogP contribution >= 0.6 is 0 Å². The highest BCUT2D eigenvalue weighted by Gasteiger charge is 2.27. The van der Waals surface area contributed by atoms with Crippen LogP contribution in [0.4, 0.5) is 9.18 Å². The normalized spacial score (nSPS) is 19.2. The zero-order valence-corrected chi connectivity index (χ0v) is 17.8. The first-order chi connectivity index (χ1) is 14.0. The summed E-state index contributed by atoms with van der Waals surface area (Å²) in [4.78, 5) is 16.2. The first kappa shape index (κ1) is 23.4. The van der Waals surface area contributed by atoms with Crippen LogP contribution in [0.2, 0.25) is 0 Å². The number of unbranched alkanes of at least 4 members (excludes halogenated alkanes) is 2. The van der Waals surface area contributed by atoms with Crippen LogP contribution in [0, 0.1) is 5.82 Å². The van der Waals surface area contributed by atoms with Crippen molar-refractivity contribution < 1.29 is 18.7 Å². The number of hydrogen-bond donors (Lipinski definition) is 0. The van der Waals surface area contributed by atoms with Crippen LogP contribution in [0.15, 0.2) is 36.9 Å². The maximum atomic E-state index is 13.0. The molecule has 0 atom stereocenters. The molecule has 1 aromatic rings. The van der Waals surface area contributed by atoms with Gasteiger partial charge >= 0.3 is 6.09 Å². The molecule has 0 saturated heterocycles. The molecular weight excluding hydrogens is 371 g/mol. The van der Waals surface area contributed by atoms with Crippen molar-refractivity contribution in [3.63, 3.8) is 0 Å². The van der Waals surface area contributed by atoms with E-state index in [2.05, 4.69) is 18.5 Å². The fourth-order valence-electron chi connectivity index (χ4n) is 3.65. The van der Waals surface area contributed by atoms with E-state index in [0.717, 1.165) is 51.8 Å². The Morgan fingerprint density at radius 1 is 1.14 bits per heavy atom. The topological polar surface area (TPSA) is 42.0 Å². The predicted octanol–water partition coefficient (Wildman–Crippen LogP) is 4.87. The van der Waals surface area contributed by atoms with Gasteiger partial charge in [0.05, 0.1) is 6.10 Å². The first-order valence-electron chi connectivity index (χ1n) is 10.6. The maximum absolute atomic E-state index is 13.0. The molecule has 0 aliphatic heterocycles. The van der Waals surface area contributed by atoms with E-state index < -0.39 is 6.09 Å². The maximum Gasteiger partial charge on any atom is 0.415 e. The number of ether oxygens (including phenoxy) is 2. The summed E-state index contributed by atoms with van der Waals surface area (Å²) in [5.74, 6) is 0.00691. The van der Waals surface area contributed by atoms with Crippen molar-refractivity contribution in [1.29, 1.82) is 0 Å². The molecule has 0 unspecified atom stereocenters. The van der Waals surface area contributed by atoms with Crippen LogP contribution in [0.25, 0.3) is 0 Å². The fraction of sp³-hybridized carbons (Fsp3) is 0.609. The highest BCUT2D eigenvalue weighted by molar-refractivity contribution is 5.70. The summed E-state index contributed by atoms with van der Waals surface area (Å²) in [6.07, 6.45) is 9.00. The largest absolute Gasteiger partial charge is 0.415 e. The number of hydrogen-bond acceptors (Lipinski definition) is 4. The van der Waals surface area contributed by atoms with Gasteiger partial charge in [0.15, 0.2) is 0 Å². The zero-order chi connectivity index (χ0) is 21.1. The summed E-state index contributed by atoms with van der Waals surface area (Å²) >= 11 is 0. The minimum absolute atomic E-state index is 0.156. The van der Waals surface area contributed by atoms with Crippen LogP contribution < -0.4 is 4.74 Å². The van der Waals surface area contributed by atoms with Gasteiger partial charge in [0.2, 0.25) is 0 Å². The average molecular weight is 407 g/mol. The van der Waals surface area contributed by atoms with Crippen LogP contribution in [-0.4, -0.2) is 61.8 Å². The van der Waals surface area contributed by atoms with Crippen molar-refractivity contribution in [1.82, 2.24) is 9.80 Å². The number of carbonyl (C=O) groups excluding carboxylic acids is 1. The van der Waals surface area contributed by atoms with E-state index in [1.807, 2.05) is 6.08 Å². The third kappa shape index (κ3) is 8.54. The highest BCUT2D eigenvalue weighted by Crippen LogP contribution is 2.25. The van der Waals surface area contributed by atoms with Crippen molar-refractivity contribution >= 4 is 6.09 Å². The molecule has 0 radical (unpaired) electrons. The van der Waals surface area contributed by atoms with Gasteiger partial charge < -0.3 is 19.3 Å². The monoisotopic (exact) mass is 406 g/mol. The molecule has 0 spiro atoms. The quantitative estimate of drug-likeness (QED) is 0.388. The van der Waals surface area contributed by atoms with Crippen LogP contribution in [-0.2, 0) is 4.74 Å². The second kappa shape index (κ2) is 12.6. The van der Waals surface area contributed by atoms with Crippen molar-refractivity contribution in [3.05, 3.63) is 42.7 Å². The second-order valence-corrected chi connectivity index (χ2v) is 7.85. The first-order valence-corrected chi connectivity index (χ1v) is 10.6. The van der Waals surface area contributed by atoms with E-state index >= 15 is 0 Å². The van der Waals surface area contributed by atoms with E-state index in [9.17, 15) is 9.18 Å². The van der Waals surface area contributed by atoms with Crippen molar-refractivity contribution in [2.45, 2.75) is 57.1 Å². The van der Waals surface area contributed by atoms with Crippen LogP contribution in [0.3, 0.4) is 0 Å². The van der Waals surface area contributed by atoms with Crippen molar-refractivity contribution in [2.75, 3.05) is 33.8 Å². The van der Waals surface area contributed by atoms with E-state index in [1.165, 1.54) is 37.1 Å². The highest BCUT2D eigenvalue weighted by atomic mass is 19.1. The van der Waals surface area contributed by atoms with Gasteiger partial charge in [0.1, 0.15) is 11.6 Å². The molecule has 1 aromatic carbocycles. The van der Waals surface area contributed by atoms with Crippen molar-refractivity contribution in [3.8, 4) is 5.75 Å². The Kier molecular flexibility index (Phi) is 10.2. The van der Waals surface area contributed by atoms with Gasteiger partial charge in [0, 0.05) is 26.2 Å². The summed E-state index contributed by atoms with van der Waals surface area (Å²) in [6, 6.07) is 5.64. The van der Waals surface area contributed by atoms with Gasteiger partial charge in [-0.15, -0.1) is 6.58 Å². The molecule has 5 nitrogen and oxygen atoms in total. The molecule has 0 bridgehead atoms. The van der Waals surface area contributed by atoms with Gasteiger partial charge in [0.25, 0.3) is 0 Å². The van der Waals surface area contributed by atoms with E-state index in [1.54, 1.807) is 11.9 Å². The zero-order valence-electron chi connectivity index (χ0n) is 17.8. The number of halogens is 1. The Labute approximate surface area is 174 Å². The molecule has 6 heteroatoms. The van der Waals surface area contributed by atoms with Gasteiger partial charge in [-0.25, -0.2) is 9.18 Å². The Hall–Kier alpha value is -1.92. The predicted molar refractivity (Wildman–Crippen MR) is 114 cm³/mol. The summed E-state index contributed by atoms with van der Waals surface area (Å²) in [5.41, 5.74) is 0. The summed E-state index contributed by atoms with van der Waals surface area (Å²) in [5, 5.41) is 0. The molecule has 1 amide bonds. The number of benzene rings is 1. The number of carbonyl (C=O) groups is 1. The lowest BCUT2D eigenvalue weighted by Crippen LogP contribution is -2.42. The molecule has 1 aliphatic rings. The third-order valence-electron chi connectivity index (χ3n) is 5.48. The van der Waals surface area contributed by atoms with Gasteiger partial charge in [-0.1, -0.05) is 6.08 Å². The Morgan fingerprint density at radius 3 is 2.48 bits per heavy atom. The number of amides is 1. The van der Waals surface area contributed by atoms with E-state index in [0.29, 0.717) is 5.75 Å². The van der Waals surface area contributed by atoms with Crippen molar-refractivity contribution in [2.24, 2.45) is 0 Å². The standard InChI is InChI=1S/C23H35FN2O3/c1-4-16-25(2)17-6-5-7-18-28-21-14-10-20(11-15-21)26(3)23(27)29-22-12-8-19(24)9-13-22/h4,8-9,12-13,20-21H,1,5-7,10-11,14-18H2,2-3H3/t20-,21-. The molecule has 0 heterocycles. The average Bonchev–Trinajstić information content (AvgIpc) is 2.72. The van der Waals surface area contributed by atoms with E-state index in [-0.39, 0.29) is 18.0 Å². The minimum Gasteiger partial charge on any atom is -0.410 e. The molecule has 1 fully saturated rings. The van der Waals surface area contributed by atoms with Gasteiger partial charge in [-0.05, 0) is 82.8 Å². The van der Waals surface area contributed by atoms with E-state index in [4.69, 9.17) is 9.47 Å². The molecule has 1 saturated carbocycles. The lowest BCUT2D eigenvalue weighted by molar-refractivity contribution is 0.0104. The SMILES string of the molecule is C=CCN(C)CCCCCO[C@H]1CC[C@H](N(C)C(=O)Oc2ccc(F)cc2)CC1. The Bertz CT molecular complexity index is 615. The summed E-state index contributed by atoms with van der Waals surface area (Å²) in [7, 11) is 3.88. The molecule has 1 aliphatic carbocycles. The van der Waals surface area contributed by atoms with Gasteiger partial charge in [-0.2, -0.15) is 0 Å². The number of rotatable bonds is 11. The second-order valence-electron chi connectivity index (χ2n) is 7.85.